The Labute approximate surface area is 156 Å². The summed E-state index contributed by atoms with van der Waals surface area (Å²) >= 11 is 6.02. The van der Waals surface area contributed by atoms with Gasteiger partial charge >= 0.3 is 5.97 Å². The summed E-state index contributed by atoms with van der Waals surface area (Å²) in [7, 11) is 1.52. The van der Waals surface area contributed by atoms with Crippen LogP contribution in [0.3, 0.4) is 0 Å². The molecule has 1 aliphatic heterocycles. The van der Waals surface area contributed by atoms with Crippen molar-refractivity contribution in [3.8, 4) is 11.5 Å². The van der Waals surface area contributed by atoms with Crippen molar-refractivity contribution < 1.29 is 19.0 Å². The Balaban J connectivity index is 1.87. The third kappa shape index (κ3) is 3.95. The topological polar surface area (TPSA) is 57.1 Å². The Morgan fingerprint density at radius 3 is 2.69 bits per heavy atom. The minimum absolute atomic E-state index is 0.159. The molecule has 0 fully saturated rings. The number of methoxy groups -OCH3 is 1. The highest BCUT2D eigenvalue weighted by atomic mass is 35.5. The number of carbonyl (C=O) groups is 1. The van der Waals surface area contributed by atoms with E-state index in [1.807, 2.05) is 12.1 Å². The smallest absolute Gasteiger partial charge is 0.363 e. The maximum Gasteiger partial charge on any atom is 0.363 e. The minimum atomic E-state index is -0.533. The van der Waals surface area contributed by atoms with Gasteiger partial charge in [0.05, 0.1) is 12.7 Å². The predicted octanol–water partition coefficient (Wildman–Crippen LogP) is 4.26. The number of nitrogens with zero attached hydrogens (tertiary/aromatic N) is 1. The molecule has 3 rings (SSSR count). The van der Waals surface area contributed by atoms with Crippen LogP contribution in [0.25, 0.3) is 6.08 Å². The molecule has 0 N–H and O–H groups in total. The third-order valence-electron chi connectivity index (χ3n) is 3.56. The van der Waals surface area contributed by atoms with Crippen LogP contribution in [0.5, 0.6) is 11.5 Å². The Bertz CT molecular complexity index is 901. The van der Waals surface area contributed by atoms with E-state index < -0.39 is 5.97 Å². The van der Waals surface area contributed by atoms with E-state index in [0.717, 1.165) is 5.56 Å². The predicted molar refractivity (Wildman–Crippen MR) is 101 cm³/mol. The zero-order valence-electron chi connectivity index (χ0n) is 14.1. The van der Waals surface area contributed by atoms with Crippen LogP contribution >= 0.6 is 11.6 Å². The van der Waals surface area contributed by atoms with E-state index in [4.69, 9.17) is 25.8 Å². The van der Waals surface area contributed by atoms with Crippen LogP contribution in [-0.2, 0) is 9.53 Å². The zero-order valence-corrected chi connectivity index (χ0v) is 14.8. The average Bonchev–Trinajstić information content (AvgIpc) is 3.01. The number of cyclic esters (lactones) is 1. The lowest BCUT2D eigenvalue weighted by Crippen LogP contribution is -2.07. The molecule has 132 valence electrons. The first-order valence-electron chi connectivity index (χ1n) is 7.81. The first kappa shape index (κ1) is 17.8. The minimum Gasteiger partial charge on any atom is -0.496 e. The molecule has 0 aliphatic carbocycles. The summed E-state index contributed by atoms with van der Waals surface area (Å²) in [6, 6.07) is 12.3. The van der Waals surface area contributed by atoms with E-state index >= 15 is 0 Å². The van der Waals surface area contributed by atoms with Gasteiger partial charge in [-0.2, -0.15) is 0 Å². The molecule has 5 nitrogen and oxygen atoms in total. The largest absolute Gasteiger partial charge is 0.496 e. The Morgan fingerprint density at radius 1 is 1.23 bits per heavy atom. The number of carbonyl (C=O) groups excluding carboxylic acids is 1. The summed E-state index contributed by atoms with van der Waals surface area (Å²) in [5.74, 6) is 0.861. The highest BCUT2D eigenvalue weighted by Gasteiger charge is 2.26. The van der Waals surface area contributed by atoms with Crippen molar-refractivity contribution in [2.24, 2.45) is 4.99 Å². The van der Waals surface area contributed by atoms with Crippen LogP contribution in [-0.4, -0.2) is 25.6 Å². The Kier molecular flexibility index (Phi) is 5.39. The lowest BCUT2D eigenvalue weighted by atomic mass is 10.2. The van der Waals surface area contributed by atoms with Crippen molar-refractivity contribution in [1.29, 1.82) is 0 Å². The van der Waals surface area contributed by atoms with Crippen molar-refractivity contribution >= 4 is 29.5 Å². The molecule has 0 spiro atoms. The fourth-order valence-electron chi connectivity index (χ4n) is 2.34. The highest BCUT2D eigenvalue weighted by Crippen LogP contribution is 2.28. The van der Waals surface area contributed by atoms with Crippen molar-refractivity contribution in [3.05, 3.63) is 77.0 Å². The van der Waals surface area contributed by atoms with Crippen LogP contribution in [0.4, 0.5) is 0 Å². The van der Waals surface area contributed by atoms with Gasteiger partial charge in [0.15, 0.2) is 5.70 Å². The first-order valence-corrected chi connectivity index (χ1v) is 8.18. The summed E-state index contributed by atoms with van der Waals surface area (Å²) in [4.78, 5) is 16.4. The fourth-order valence-corrected chi connectivity index (χ4v) is 2.52. The number of hydrogen-bond donors (Lipinski definition) is 0. The van der Waals surface area contributed by atoms with E-state index in [1.54, 1.807) is 42.5 Å². The van der Waals surface area contributed by atoms with Crippen LogP contribution in [0.15, 0.2) is 65.8 Å². The molecule has 0 aromatic heterocycles. The molecule has 0 unspecified atom stereocenters. The molecule has 0 amide bonds. The summed E-state index contributed by atoms with van der Waals surface area (Å²) in [6.07, 6.45) is 3.31. The lowest BCUT2D eigenvalue weighted by molar-refractivity contribution is -0.129. The molecule has 2 aromatic carbocycles. The molecule has 0 saturated carbocycles. The van der Waals surface area contributed by atoms with Crippen molar-refractivity contribution in [2.75, 3.05) is 13.7 Å². The second-order valence-corrected chi connectivity index (χ2v) is 5.79. The number of hydrogen-bond acceptors (Lipinski definition) is 5. The second-order valence-electron chi connectivity index (χ2n) is 5.35. The van der Waals surface area contributed by atoms with Gasteiger partial charge in [-0.1, -0.05) is 36.4 Å². The number of ether oxygens (including phenoxy) is 3. The van der Waals surface area contributed by atoms with Crippen molar-refractivity contribution in [3.63, 3.8) is 0 Å². The average molecular weight is 370 g/mol. The molecule has 0 radical (unpaired) electrons. The molecule has 0 atom stereocenters. The lowest BCUT2D eigenvalue weighted by Gasteiger charge is -2.07. The molecule has 2 aromatic rings. The van der Waals surface area contributed by atoms with Gasteiger partial charge in [0.25, 0.3) is 0 Å². The number of halogens is 1. The molecule has 1 heterocycles. The third-order valence-corrected chi connectivity index (χ3v) is 3.80. The van der Waals surface area contributed by atoms with Crippen LogP contribution < -0.4 is 9.47 Å². The van der Waals surface area contributed by atoms with Gasteiger partial charge in [-0.3, -0.25) is 0 Å². The number of esters is 1. The van der Waals surface area contributed by atoms with E-state index in [-0.39, 0.29) is 11.6 Å². The zero-order chi connectivity index (χ0) is 18.5. The Hall–Kier alpha value is -3.05. The standard InChI is InChI=1S/C20H16ClNO4/c1-3-10-25-15-7-4-13(5-8-15)11-17-20(23)26-19(22-17)16-12-14(21)6-9-18(16)24-2/h3-9,11-12H,1,10H2,2H3. The van der Waals surface area contributed by atoms with Gasteiger partial charge in [-0.15, -0.1) is 0 Å². The van der Waals surface area contributed by atoms with Crippen molar-refractivity contribution in [1.82, 2.24) is 0 Å². The number of benzene rings is 2. The SMILES string of the molecule is C=CCOc1ccc(C=C2N=C(c3cc(Cl)ccc3OC)OC2=O)cc1. The summed E-state index contributed by atoms with van der Waals surface area (Å²) in [5.41, 5.74) is 1.51. The normalized spacial score (nSPS) is 14.8. The van der Waals surface area contributed by atoms with Crippen LogP contribution in [0.1, 0.15) is 11.1 Å². The molecular formula is C20H16ClNO4. The van der Waals surface area contributed by atoms with Gasteiger partial charge < -0.3 is 14.2 Å². The maximum atomic E-state index is 12.1. The summed E-state index contributed by atoms with van der Waals surface area (Å²) in [5, 5.41) is 0.493. The molecule has 6 heteroatoms. The Morgan fingerprint density at radius 2 is 2.00 bits per heavy atom. The first-order chi connectivity index (χ1) is 12.6. The molecule has 0 saturated heterocycles. The summed E-state index contributed by atoms with van der Waals surface area (Å²) in [6.45, 7) is 4.03. The fraction of sp³-hybridized carbons (Fsp3) is 0.100. The van der Waals surface area contributed by atoms with Crippen molar-refractivity contribution in [2.45, 2.75) is 0 Å². The summed E-state index contributed by atoms with van der Waals surface area (Å²) < 4.78 is 16.0. The van der Waals surface area contributed by atoms with Crippen LogP contribution in [0.2, 0.25) is 5.02 Å². The van der Waals surface area contributed by atoms with Gasteiger partial charge in [0.2, 0.25) is 5.90 Å². The van der Waals surface area contributed by atoms with Gasteiger partial charge in [0.1, 0.15) is 18.1 Å². The van der Waals surface area contributed by atoms with E-state index in [1.165, 1.54) is 7.11 Å². The van der Waals surface area contributed by atoms with Crippen LogP contribution in [0, 0.1) is 0 Å². The van der Waals surface area contributed by atoms with E-state index in [2.05, 4.69) is 11.6 Å². The van der Waals surface area contributed by atoms with E-state index in [9.17, 15) is 4.79 Å². The maximum absolute atomic E-state index is 12.1. The van der Waals surface area contributed by atoms with Gasteiger partial charge in [0, 0.05) is 5.02 Å². The van der Waals surface area contributed by atoms with Gasteiger partial charge in [-0.05, 0) is 42.0 Å². The molecule has 26 heavy (non-hydrogen) atoms. The number of rotatable bonds is 6. The second kappa shape index (κ2) is 7.89. The van der Waals surface area contributed by atoms with Gasteiger partial charge in [-0.25, -0.2) is 9.79 Å². The van der Waals surface area contributed by atoms with E-state index in [0.29, 0.717) is 28.7 Å². The molecular weight excluding hydrogens is 354 g/mol. The quantitative estimate of drug-likeness (QED) is 0.433. The highest BCUT2D eigenvalue weighted by molar-refractivity contribution is 6.31. The molecule has 0 bridgehead atoms. The number of aliphatic imine (C=N–C) groups is 1. The monoisotopic (exact) mass is 369 g/mol. The molecule has 1 aliphatic rings.